The van der Waals surface area contributed by atoms with Crippen LogP contribution in [0.5, 0.6) is 5.75 Å². The molecule has 4 heteroatoms. The first-order valence-electron chi connectivity index (χ1n) is 5.25. The molecule has 0 fully saturated rings. The third kappa shape index (κ3) is 2.15. The van der Waals surface area contributed by atoms with E-state index in [0.717, 1.165) is 17.1 Å². The van der Waals surface area contributed by atoms with Crippen LogP contribution in [0.4, 0.5) is 0 Å². The molecule has 0 spiro atoms. The van der Waals surface area contributed by atoms with Crippen LogP contribution in [0.2, 0.25) is 0 Å². The molecule has 0 saturated heterocycles. The van der Waals surface area contributed by atoms with E-state index in [1.807, 2.05) is 35.8 Å². The highest BCUT2D eigenvalue weighted by Crippen LogP contribution is 2.18. The average molecular weight is 230 g/mol. The Hall–Kier alpha value is -2.23. The van der Waals surface area contributed by atoms with Gasteiger partial charge in [-0.15, -0.1) is 0 Å². The van der Waals surface area contributed by atoms with Gasteiger partial charge in [0.05, 0.1) is 12.7 Å². The number of aromatic nitrogens is 1. The number of amides is 1. The third-order valence-corrected chi connectivity index (χ3v) is 2.65. The first-order valence-corrected chi connectivity index (χ1v) is 5.25. The molecule has 1 aromatic carbocycles. The third-order valence-electron chi connectivity index (χ3n) is 2.65. The normalized spacial score (nSPS) is 10.2. The number of hydrogen-bond acceptors (Lipinski definition) is 2. The van der Waals surface area contributed by atoms with Crippen molar-refractivity contribution in [1.29, 1.82) is 0 Å². The van der Waals surface area contributed by atoms with Gasteiger partial charge in [0.2, 0.25) is 5.91 Å². The van der Waals surface area contributed by atoms with Crippen LogP contribution >= 0.6 is 0 Å². The van der Waals surface area contributed by atoms with Crippen LogP contribution in [0.1, 0.15) is 16.1 Å². The Morgan fingerprint density at radius 3 is 2.41 bits per heavy atom. The van der Waals surface area contributed by atoms with E-state index < -0.39 is 5.91 Å². The second kappa shape index (κ2) is 4.33. The Morgan fingerprint density at radius 2 is 1.94 bits per heavy atom. The number of carbonyl (C=O) groups excluding carboxylic acids is 1. The van der Waals surface area contributed by atoms with Crippen LogP contribution in [0.15, 0.2) is 36.5 Å². The van der Waals surface area contributed by atoms with E-state index >= 15 is 0 Å². The van der Waals surface area contributed by atoms with Crippen molar-refractivity contribution in [2.24, 2.45) is 5.73 Å². The van der Waals surface area contributed by atoms with Crippen molar-refractivity contribution in [3.05, 3.63) is 47.8 Å². The second-order valence-electron chi connectivity index (χ2n) is 3.80. The second-order valence-corrected chi connectivity index (χ2v) is 3.80. The lowest BCUT2D eigenvalue weighted by atomic mass is 10.3. The quantitative estimate of drug-likeness (QED) is 0.875. The van der Waals surface area contributed by atoms with E-state index in [2.05, 4.69) is 0 Å². The van der Waals surface area contributed by atoms with Gasteiger partial charge in [-0.1, -0.05) is 0 Å². The van der Waals surface area contributed by atoms with Crippen molar-refractivity contribution < 1.29 is 9.53 Å². The van der Waals surface area contributed by atoms with Gasteiger partial charge in [0.15, 0.2) is 0 Å². The van der Waals surface area contributed by atoms with Crippen molar-refractivity contribution in [3.63, 3.8) is 0 Å². The van der Waals surface area contributed by atoms with Crippen LogP contribution in [0.25, 0.3) is 5.69 Å². The van der Waals surface area contributed by atoms with Crippen LogP contribution in [0.3, 0.4) is 0 Å². The van der Waals surface area contributed by atoms with Crippen molar-refractivity contribution in [2.75, 3.05) is 7.11 Å². The highest BCUT2D eigenvalue weighted by Gasteiger charge is 2.07. The maximum Gasteiger partial charge on any atom is 0.250 e. The fourth-order valence-corrected chi connectivity index (χ4v) is 1.73. The smallest absolute Gasteiger partial charge is 0.250 e. The minimum absolute atomic E-state index is 0.416. The first kappa shape index (κ1) is 11.3. The molecule has 1 aromatic heterocycles. The number of benzene rings is 1. The van der Waals surface area contributed by atoms with E-state index in [0.29, 0.717) is 5.56 Å². The van der Waals surface area contributed by atoms with Gasteiger partial charge in [0.1, 0.15) is 5.75 Å². The molecular weight excluding hydrogens is 216 g/mol. The van der Waals surface area contributed by atoms with Crippen LogP contribution in [0, 0.1) is 6.92 Å². The first-order chi connectivity index (χ1) is 8.11. The predicted molar refractivity (Wildman–Crippen MR) is 65.6 cm³/mol. The van der Waals surface area contributed by atoms with E-state index in [9.17, 15) is 4.79 Å². The van der Waals surface area contributed by atoms with Gasteiger partial charge < -0.3 is 15.0 Å². The Labute approximate surface area is 99.6 Å². The average Bonchev–Trinajstić information content (AvgIpc) is 2.72. The van der Waals surface area contributed by atoms with Gasteiger partial charge in [0, 0.05) is 17.6 Å². The molecule has 0 bridgehead atoms. The molecule has 0 aliphatic carbocycles. The molecule has 0 saturated carbocycles. The van der Waals surface area contributed by atoms with Gasteiger partial charge in [-0.25, -0.2) is 0 Å². The van der Waals surface area contributed by atoms with Gasteiger partial charge in [-0.2, -0.15) is 0 Å². The zero-order chi connectivity index (χ0) is 12.4. The van der Waals surface area contributed by atoms with Gasteiger partial charge in [-0.05, 0) is 37.3 Å². The number of ether oxygens (including phenoxy) is 1. The summed E-state index contributed by atoms with van der Waals surface area (Å²) >= 11 is 0. The summed E-state index contributed by atoms with van der Waals surface area (Å²) in [6, 6.07) is 9.37. The van der Waals surface area contributed by atoms with Crippen molar-refractivity contribution in [2.45, 2.75) is 6.92 Å². The SMILES string of the molecule is COc1ccc(-n2cc(C(N)=O)cc2C)cc1. The van der Waals surface area contributed by atoms with E-state index in [1.54, 1.807) is 19.4 Å². The molecular formula is C13H14N2O2. The Kier molecular flexibility index (Phi) is 2.87. The highest BCUT2D eigenvalue weighted by atomic mass is 16.5. The number of primary amides is 1. The summed E-state index contributed by atoms with van der Waals surface area (Å²) in [5.74, 6) is 0.383. The van der Waals surface area contributed by atoms with Crippen molar-refractivity contribution in [1.82, 2.24) is 4.57 Å². The molecule has 0 aliphatic rings. The number of hydrogen-bond donors (Lipinski definition) is 1. The van der Waals surface area contributed by atoms with Crippen LogP contribution in [-0.2, 0) is 0 Å². The number of carbonyl (C=O) groups is 1. The number of aryl methyl sites for hydroxylation is 1. The number of nitrogens with two attached hydrogens (primary N) is 1. The number of rotatable bonds is 3. The van der Waals surface area contributed by atoms with Crippen LogP contribution in [-0.4, -0.2) is 17.6 Å². The molecule has 1 heterocycles. The maximum absolute atomic E-state index is 11.1. The molecule has 0 aliphatic heterocycles. The molecule has 0 unspecified atom stereocenters. The standard InChI is InChI=1S/C13H14N2O2/c1-9-7-10(13(14)16)8-15(9)11-3-5-12(17-2)6-4-11/h3-8H,1-2H3,(H2,14,16). The van der Waals surface area contributed by atoms with E-state index in [4.69, 9.17) is 10.5 Å². The van der Waals surface area contributed by atoms with E-state index in [-0.39, 0.29) is 0 Å². The van der Waals surface area contributed by atoms with Crippen LogP contribution < -0.4 is 10.5 Å². The zero-order valence-corrected chi connectivity index (χ0v) is 9.81. The minimum atomic E-state index is -0.416. The lowest BCUT2D eigenvalue weighted by Gasteiger charge is -2.06. The Morgan fingerprint density at radius 1 is 1.29 bits per heavy atom. The number of methoxy groups -OCH3 is 1. The van der Waals surface area contributed by atoms with Gasteiger partial charge in [-0.3, -0.25) is 4.79 Å². The fourth-order valence-electron chi connectivity index (χ4n) is 1.73. The molecule has 1 amide bonds. The topological polar surface area (TPSA) is 57.2 Å². The largest absolute Gasteiger partial charge is 0.497 e. The fraction of sp³-hybridized carbons (Fsp3) is 0.154. The van der Waals surface area contributed by atoms with Crippen molar-refractivity contribution >= 4 is 5.91 Å². The van der Waals surface area contributed by atoms with Gasteiger partial charge >= 0.3 is 0 Å². The molecule has 88 valence electrons. The van der Waals surface area contributed by atoms with Gasteiger partial charge in [0.25, 0.3) is 0 Å². The summed E-state index contributed by atoms with van der Waals surface area (Å²) in [5, 5.41) is 0. The lowest BCUT2D eigenvalue weighted by Crippen LogP contribution is -2.09. The van der Waals surface area contributed by atoms with E-state index in [1.165, 1.54) is 0 Å². The summed E-state index contributed by atoms with van der Waals surface area (Å²) in [5.41, 5.74) is 7.69. The monoisotopic (exact) mass is 230 g/mol. The summed E-state index contributed by atoms with van der Waals surface area (Å²) < 4.78 is 7.01. The Balaban J connectivity index is 2.41. The summed E-state index contributed by atoms with van der Waals surface area (Å²) in [4.78, 5) is 11.1. The molecule has 2 rings (SSSR count). The summed E-state index contributed by atoms with van der Waals surface area (Å²) in [6.07, 6.45) is 1.74. The minimum Gasteiger partial charge on any atom is -0.497 e. The lowest BCUT2D eigenvalue weighted by molar-refractivity contribution is 0.100. The Bertz CT molecular complexity index is 541. The summed E-state index contributed by atoms with van der Waals surface area (Å²) in [7, 11) is 1.63. The molecule has 17 heavy (non-hydrogen) atoms. The van der Waals surface area contributed by atoms with Crippen molar-refractivity contribution in [3.8, 4) is 11.4 Å². The predicted octanol–water partition coefficient (Wildman–Crippen LogP) is 1.89. The zero-order valence-electron chi connectivity index (χ0n) is 9.81. The maximum atomic E-state index is 11.1. The molecule has 0 radical (unpaired) electrons. The molecule has 2 N–H and O–H groups in total. The molecule has 2 aromatic rings. The molecule has 0 atom stereocenters. The summed E-state index contributed by atoms with van der Waals surface area (Å²) in [6.45, 7) is 1.93. The highest BCUT2D eigenvalue weighted by molar-refractivity contribution is 5.93. The molecule has 4 nitrogen and oxygen atoms in total. The number of nitrogens with zero attached hydrogens (tertiary/aromatic N) is 1.